The molecule has 2 rings (SSSR count). The second-order valence-corrected chi connectivity index (χ2v) is 5.39. The van der Waals surface area contributed by atoms with Gasteiger partial charge in [-0.15, -0.1) is 24.8 Å². The third-order valence-electron chi connectivity index (χ3n) is 4.08. The molecule has 1 aliphatic carbocycles. The molecule has 1 saturated carbocycles. The number of carbonyl (C=O) groups excluding carboxylic acids is 1. The number of nitrogens with zero attached hydrogens (tertiary/aromatic N) is 1. The van der Waals surface area contributed by atoms with Crippen molar-refractivity contribution < 1.29 is 4.79 Å². The molecule has 0 spiro atoms. The van der Waals surface area contributed by atoms with E-state index in [1.165, 1.54) is 32.4 Å². The first-order valence-electron chi connectivity index (χ1n) is 7.03. The first-order valence-corrected chi connectivity index (χ1v) is 7.03. The van der Waals surface area contributed by atoms with Crippen molar-refractivity contribution in [2.45, 2.75) is 44.6 Å². The van der Waals surface area contributed by atoms with Crippen LogP contribution in [-0.4, -0.2) is 43.0 Å². The predicted molar refractivity (Wildman–Crippen MR) is 83.1 cm³/mol. The zero-order valence-corrected chi connectivity index (χ0v) is 13.1. The lowest BCUT2D eigenvalue weighted by Crippen LogP contribution is -2.42. The third kappa shape index (κ3) is 5.86. The molecule has 1 saturated heterocycles. The lowest BCUT2D eigenvalue weighted by Gasteiger charge is -2.26. The molecule has 2 fully saturated rings. The number of piperidine rings is 1. The molecule has 3 N–H and O–H groups in total. The van der Waals surface area contributed by atoms with Crippen molar-refractivity contribution in [1.82, 2.24) is 10.2 Å². The minimum absolute atomic E-state index is 0. The Morgan fingerprint density at radius 2 is 1.79 bits per heavy atom. The summed E-state index contributed by atoms with van der Waals surface area (Å²) in [7, 11) is 0. The molecular formula is C13H27Cl2N3O. The van der Waals surface area contributed by atoms with Gasteiger partial charge in [0.05, 0.1) is 5.92 Å². The van der Waals surface area contributed by atoms with Crippen molar-refractivity contribution in [3.05, 3.63) is 0 Å². The quantitative estimate of drug-likeness (QED) is 0.828. The Bertz CT molecular complexity index is 260. The van der Waals surface area contributed by atoms with Gasteiger partial charge in [-0.1, -0.05) is 12.8 Å². The topological polar surface area (TPSA) is 58.4 Å². The first kappa shape index (κ1) is 19.0. The van der Waals surface area contributed by atoms with Crippen LogP contribution in [0.1, 0.15) is 38.5 Å². The van der Waals surface area contributed by atoms with Crippen LogP contribution < -0.4 is 11.1 Å². The minimum Gasteiger partial charge on any atom is -0.355 e. The molecule has 1 amide bonds. The van der Waals surface area contributed by atoms with E-state index in [4.69, 9.17) is 5.73 Å². The molecule has 114 valence electrons. The van der Waals surface area contributed by atoms with Crippen molar-refractivity contribution in [1.29, 1.82) is 0 Å². The molecule has 2 atom stereocenters. The Hall–Kier alpha value is -0.0300. The molecule has 0 aromatic carbocycles. The Labute approximate surface area is 128 Å². The van der Waals surface area contributed by atoms with Crippen molar-refractivity contribution in [3.63, 3.8) is 0 Å². The molecule has 6 heteroatoms. The maximum Gasteiger partial charge on any atom is 0.224 e. The number of carbonyl (C=O) groups is 1. The van der Waals surface area contributed by atoms with Crippen LogP contribution in [0.5, 0.6) is 0 Å². The maximum absolute atomic E-state index is 11.9. The third-order valence-corrected chi connectivity index (χ3v) is 4.08. The van der Waals surface area contributed by atoms with E-state index < -0.39 is 0 Å². The van der Waals surface area contributed by atoms with Gasteiger partial charge >= 0.3 is 0 Å². The molecule has 1 heterocycles. The van der Waals surface area contributed by atoms with E-state index in [9.17, 15) is 4.79 Å². The number of halogens is 2. The van der Waals surface area contributed by atoms with Crippen LogP contribution in [0.3, 0.4) is 0 Å². The average Bonchev–Trinajstić information content (AvgIpc) is 2.77. The summed E-state index contributed by atoms with van der Waals surface area (Å²) in [6.07, 6.45) is 7.05. The predicted octanol–water partition coefficient (Wildman–Crippen LogP) is 1.56. The number of amides is 1. The van der Waals surface area contributed by atoms with Gasteiger partial charge in [0.25, 0.3) is 0 Å². The second-order valence-electron chi connectivity index (χ2n) is 5.39. The Morgan fingerprint density at radius 3 is 2.37 bits per heavy atom. The van der Waals surface area contributed by atoms with Crippen LogP contribution in [0.2, 0.25) is 0 Å². The number of hydrogen-bond donors (Lipinski definition) is 2. The van der Waals surface area contributed by atoms with Gasteiger partial charge in [0.15, 0.2) is 0 Å². The van der Waals surface area contributed by atoms with Crippen LogP contribution in [0.25, 0.3) is 0 Å². The summed E-state index contributed by atoms with van der Waals surface area (Å²) in [5.74, 6) is 0.239. The highest BCUT2D eigenvalue weighted by Crippen LogP contribution is 2.23. The van der Waals surface area contributed by atoms with E-state index in [1.54, 1.807) is 0 Å². The van der Waals surface area contributed by atoms with E-state index in [-0.39, 0.29) is 42.7 Å². The van der Waals surface area contributed by atoms with Gasteiger partial charge in [0.1, 0.15) is 0 Å². The molecule has 2 unspecified atom stereocenters. The summed E-state index contributed by atoms with van der Waals surface area (Å²) in [4.78, 5) is 14.3. The summed E-state index contributed by atoms with van der Waals surface area (Å²) in [6, 6.07) is 0.0880. The molecule has 1 aliphatic heterocycles. The zero-order valence-electron chi connectivity index (χ0n) is 11.5. The van der Waals surface area contributed by atoms with Gasteiger partial charge in [-0.25, -0.2) is 0 Å². The lowest BCUT2D eigenvalue weighted by atomic mass is 10.0. The van der Waals surface area contributed by atoms with E-state index in [1.807, 2.05) is 0 Å². The Balaban J connectivity index is 0.00000162. The lowest BCUT2D eigenvalue weighted by molar-refractivity contribution is -0.125. The van der Waals surface area contributed by atoms with Gasteiger partial charge in [-0.2, -0.15) is 0 Å². The Kier molecular flexibility index (Phi) is 9.79. The fourth-order valence-corrected chi connectivity index (χ4v) is 2.97. The van der Waals surface area contributed by atoms with Gasteiger partial charge in [-0.3, -0.25) is 4.79 Å². The number of nitrogens with one attached hydrogen (secondary N) is 1. The van der Waals surface area contributed by atoms with Gasteiger partial charge in [0, 0.05) is 19.1 Å². The standard InChI is InChI=1S/C13H25N3O.2ClH/c14-12-6-4-5-11(12)13(17)15-7-10-16-8-2-1-3-9-16;;/h11-12H,1-10,14H2,(H,15,17);2*1H. The van der Waals surface area contributed by atoms with Crippen LogP contribution in [0.4, 0.5) is 0 Å². The summed E-state index contributed by atoms with van der Waals surface area (Å²) in [5, 5.41) is 3.04. The molecule has 0 aromatic heterocycles. The highest BCUT2D eigenvalue weighted by Gasteiger charge is 2.29. The minimum atomic E-state index is 0. The van der Waals surface area contributed by atoms with E-state index >= 15 is 0 Å². The number of likely N-dealkylation sites (tertiary alicyclic amines) is 1. The van der Waals surface area contributed by atoms with Gasteiger partial charge in [-0.05, 0) is 38.8 Å². The van der Waals surface area contributed by atoms with Crippen molar-refractivity contribution in [3.8, 4) is 0 Å². The Morgan fingerprint density at radius 1 is 1.11 bits per heavy atom. The van der Waals surface area contributed by atoms with Crippen LogP contribution in [0.15, 0.2) is 0 Å². The molecular weight excluding hydrogens is 285 g/mol. The molecule has 0 radical (unpaired) electrons. The molecule has 0 bridgehead atoms. The first-order chi connectivity index (χ1) is 8.27. The van der Waals surface area contributed by atoms with Gasteiger partial charge < -0.3 is 16.0 Å². The summed E-state index contributed by atoms with van der Waals surface area (Å²) in [6.45, 7) is 4.16. The van der Waals surface area contributed by atoms with E-state index in [0.717, 1.165) is 32.4 Å². The van der Waals surface area contributed by atoms with Crippen molar-refractivity contribution >= 4 is 30.7 Å². The highest BCUT2D eigenvalue weighted by molar-refractivity contribution is 5.85. The second kappa shape index (κ2) is 9.81. The summed E-state index contributed by atoms with van der Waals surface area (Å²) >= 11 is 0. The largest absolute Gasteiger partial charge is 0.355 e. The fraction of sp³-hybridized carbons (Fsp3) is 0.923. The van der Waals surface area contributed by atoms with Crippen LogP contribution in [0, 0.1) is 5.92 Å². The van der Waals surface area contributed by atoms with Crippen molar-refractivity contribution in [2.24, 2.45) is 11.7 Å². The fourth-order valence-electron chi connectivity index (χ4n) is 2.97. The SMILES string of the molecule is Cl.Cl.NC1CCCC1C(=O)NCCN1CCCCC1. The zero-order chi connectivity index (χ0) is 12.1. The van der Waals surface area contributed by atoms with Crippen LogP contribution >= 0.6 is 24.8 Å². The monoisotopic (exact) mass is 311 g/mol. The van der Waals surface area contributed by atoms with E-state index in [0.29, 0.717) is 0 Å². The molecule has 4 nitrogen and oxygen atoms in total. The molecule has 19 heavy (non-hydrogen) atoms. The van der Waals surface area contributed by atoms with Crippen LogP contribution in [-0.2, 0) is 4.79 Å². The highest BCUT2D eigenvalue weighted by atomic mass is 35.5. The molecule has 0 aromatic rings. The maximum atomic E-state index is 11.9. The summed E-state index contributed by atoms with van der Waals surface area (Å²) < 4.78 is 0. The number of rotatable bonds is 4. The normalized spacial score (nSPS) is 27.2. The number of hydrogen-bond acceptors (Lipinski definition) is 3. The molecule has 2 aliphatic rings. The average molecular weight is 312 g/mol. The van der Waals surface area contributed by atoms with Gasteiger partial charge in [0.2, 0.25) is 5.91 Å². The smallest absolute Gasteiger partial charge is 0.224 e. The summed E-state index contributed by atoms with van der Waals surface area (Å²) in [5.41, 5.74) is 5.92. The van der Waals surface area contributed by atoms with Crippen molar-refractivity contribution in [2.75, 3.05) is 26.2 Å². The number of nitrogens with two attached hydrogens (primary N) is 1. The van der Waals surface area contributed by atoms with E-state index in [2.05, 4.69) is 10.2 Å².